The number of benzene rings is 6. The average molecular weight is 1460 g/mol. The first kappa shape index (κ1) is 81.3. The zero-order valence-corrected chi connectivity index (χ0v) is 61.1. The van der Waals surface area contributed by atoms with Crippen LogP contribution in [0.25, 0.3) is 0 Å². The molecule has 103 heavy (non-hydrogen) atoms. The lowest BCUT2D eigenvalue weighted by molar-refractivity contribution is -0.137. The second-order valence-electron chi connectivity index (χ2n) is 28.2. The van der Waals surface area contributed by atoms with Crippen LogP contribution in [0.4, 0.5) is 75.3 Å². The van der Waals surface area contributed by atoms with Crippen LogP contribution in [0.15, 0.2) is 146 Å². The molecule has 10 rings (SSSR count). The first-order chi connectivity index (χ1) is 49.1. The summed E-state index contributed by atoms with van der Waals surface area (Å²) < 4.78 is 136. The molecule has 1 aliphatic carbocycles. The number of nitrogens with one attached hydrogen (secondary N) is 3. The van der Waals surface area contributed by atoms with E-state index in [2.05, 4.69) is 57.7 Å². The third-order valence-electron chi connectivity index (χ3n) is 20.3. The van der Waals surface area contributed by atoms with Gasteiger partial charge in [0.25, 0.3) is 11.8 Å². The standard InChI is InChI=1S/C28H35F4N3O.C26H34F3N3OS.C26H34F3N3O/c1-20(22-10-6-3-7-11-22)34-14-12-26(13-15-34)35(19-21-8-4-2-5-9-21)27(36)33-25-17-23(28(30,31)32)16-24(29)18-25;1-19(34-3)9-12-31-13-10-24(11-14-31)32(18-20-7-5-4-6-8-20)25(33)30-23-16-21(26(2,28)29)15-22(27)17-23;1-3-4-8-13-31-14-11-24(12-15-31)32(19-20-9-6-5-7-10-20)25(33)30-23-17-21(26(2,28)29)16-22(27)18-23/h2,4-5,8-9,16-18,20,22,26H,3,6-7,10-15,19H2,1H3,(H,33,36);4-8,15-17,19,24H,9-14,18H2,1-3H3,(H,30,33);5-7,9-10,16-18,24H,3-4,8,11-15,19H2,1-2H3,(H,30,33). The van der Waals surface area contributed by atoms with E-state index in [4.69, 9.17) is 0 Å². The van der Waals surface area contributed by atoms with Gasteiger partial charge in [-0.1, -0.05) is 137 Å². The third-order valence-corrected chi connectivity index (χ3v) is 21.4. The molecule has 12 nitrogen and oxygen atoms in total. The van der Waals surface area contributed by atoms with Crippen molar-refractivity contribution in [2.75, 3.05) is 74.6 Å². The monoisotopic (exact) mass is 1460 g/mol. The molecule has 6 aromatic carbocycles. The minimum atomic E-state index is -4.70. The fourth-order valence-corrected chi connectivity index (χ4v) is 14.5. The predicted octanol–water partition coefficient (Wildman–Crippen LogP) is 20.5. The van der Waals surface area contributed by atoms with Crippen molar-refractivity contribution in [3.05, 3.63) is 196 Å². The summed E-state index contributed by atoms with van der Waals surface area (Å²) in [6, 6.07) is 36.1. The average Bonchev–Trinajstić information content (AvgIpc) is 0.822. The molecular formula is C80H103F10N9O3S. The number of hydrogen-bond acceptors (Lipinski definition) is 7. The molecule has 0 radical (unpaired) electrons. The zero-order chi connectivity index (χ0) is 74.3. The van der Waals surface area contributed by atoms with Crippen LogP contribution >= 0.6 is 11.8 Å². The fourth-order valence-electron chi connectivity index (χ4n) is 14.2. The highest BCUT2D eigenvalue weighted by Gasteiger charge is 2.37. The number of unbranched alkanes of at least 4 members (excludes halogenated alkanes) is 2. The Balaban J connectivity index is 0.000000196. The number of rotatable bonds is 24. The maximum absolute atomic E-state index is 14.0. The van der Waals surface area contributed by atoms with Gasteiger partial charge in [-0.3, -0.25) is 0 Å². The molecule has 3 heterocycles. The van der Waals surface area contributed by atoms with Crippen LogP contribution in [-0.4, -0.2) is 136 Å². The van der Waals surface area contributed by atoms with E-state index in [1.807, 2.05) is 103 Å². The summed E-state index contributed by atoms with van der Waals surface area (Å²) in [6.07, 6.45) is 13.5. The molecule has 4 fully saturated rings. The van der Waals surface area contributed by atoms with E-state index in [1.54, 1.807) is 14.7 Å². The number of anilines is 3. The molecule has 4 aliphatic rings. The second-order valence-corrected chi connectivity index (χ2v) is 29.5. The number of thioether (sulfide) groups is 1. The number of piperidine rings is 3. The van der Waals surface area contributed by atoms with Crippen LogP contribution in [0, 0.1) is 23.4 Å². The molecule has 6 amide bonds. The van der Waals surface area contributed by atoms with E-state index in [0.717, 1.165) is 168 Å². The number of carbonyl (C=O) groups is 3. The second kappa shape index (κ2) is 39.1. The maximum atomic E-state index is 14.0. The largest absolute Gasteiger partial charge is 0.416 e. The van der Waals surface area contributed by atoms with Crippen molar-refractivity contribution < 1.29 is 58.3 Å². The molecule has 0 aromatic heterocycles. The summed E-state index contributed by atoms with van der Waals surface area (Å²) in [5.74, 6) is -8.34. The van der Waals surface area contributed by atoms with Gasteiger partial charge in [-0.2, -0.15) is 24.9 Å². The van der Waals surface area contributed by atoms with Crippen LogP contribution in [0.1, 0.15) is 164 Å². The van der Waals surface area contributed by atoms with Crippen molar-refractivity contribution in [1.29, 1.82) is 0 Å². The summed E-state index contributed by atoms with van der Waals surface area (Å²) in [6.45, 7) is 16.8. The lowest BCUT2D eigenvalue weighted by atomic mass is 9.83. The summed E-state index contributed by atoms with van der Waals surface area (Å²) in [5.41, 5.74) is 0.701. The van der Waals surface area contributed by atoms with Crippen molar-refractivity contribution in [2.24, 2.45) is 5.92 Å². The van der Waals surface area contributed by atoms with Crippen molar-refractivity contribution >= 4 is 46.9 Å². The van der Waals surface area contributed by atoms with E-state index >= 15 is 0 Å². The van der Waals surface area contributed by atoms with Gasteiger partial charge in [0.15, 0.2) is 0 Å². The van der Waals surface area contributed by atoms with Crippen molar-refractivity contribution in [2.45, 2.75) is 198 Å². The number of alkyl halides is 7. The van der Waals surface area contributed by atoms with Gasteiger partial charge in [0.05, 0.1) is 5.56 Å². The Hall–Kier alpha value is -7.34. The molecule has 1 saturated carbocycles. The smallest absolute Gasteiger partial charge is 0.317 e. The van der Waals surface area contributed by atoms with Crippen LogP contribution in [0.2, 0.25) is 0 Å². The molecular weight excluding hydrogens is 1360 g/mol. The highest BCUT2D eigenvalue weighted by molar-refractivity contribution is 7.99. The minimum Gasteiger partial charge on any atom is -0.317 e. The van der Waals surface area contributed by atoms with E-state index in [-0.39, 0.29) is 35.2 Å². The first-order valence-corrected chi connectivity index (χ1v) is 37.7. The minimum absolute atomic E-state index is 0.00933. The van der Waals surface area contributed by atoms with Gasteiger partial charge in [-0.15, -0.1) is 0 Å². The summed E-state index contributed by atoms with van der Waals surface area (Å²) >= 11 is 1.87. The Morgan fingerprint density at radius 1 is 0.476 bits per heavy atom. The van der Waals surface area contributed by atoms with Crippen molar-refractivity contribution in [1.82, 2.24) is 29.4 Å². The SMILES string of the molecule is CC(C1CCCCC1)N1CCC(N(Cc2ccccc2)C(=O)Nc2cc(F)cc(C(F)(F)F)c2)CC1.CCCCCN1CCC(N(Cc2ccccc2)C(=O)Nc2cc(F)cc(C(C)(F)F)c2)CC1.CSC(C)CCN1CCC(N(Cc2ccccc2)C(=O)Nc2cc(F)cc(C(C)(F)F)c2)CC1. The molecule has 2 atom stereocenters. The Morgan fingerprint density at radius 2 is 0.825 bits per heavy atom. The normalized spacial score (nSPS) is 17.0. The van der Waals surface area contributed by atoms with Crippen molar-refractivity contribution in [3.8, 4) is 0 Å². The molecule has 23 heteroatoms. The van der Waals surface area contributed by atoms with Crippen LogP contribution in [-0.2, 0) is 37.7 Å². The molecule has 2 unspecified atom stereocenters. The number of carbonyl (C=O) groups excluding carboxylic acids is 3. The van der Waals surface area contributed by atoms with Gasteiger partial charge in [-0.05, 0) is 168 Å². The lowest BCUT2D eigenvalue weighted by Gasteiger charge is -2.43. The Kier molecular flexibility index (Phi) is 30.9. The fraction of sp³-hybridized carbons (Fsp3) is 0.512. The van der Waals surface area contributed by atoms with Crippen LogP contribution < -0.4 is 16.0 Å². The number of amides is 6. The van der Waals surface area contributed by atoms with Gasteiger partial charge >= 0.3 is 24.3 Å². The van der Waals surface area contributed by atoms with Crippen molar-refractivity contribution in [3.63, 3.8) is 0 Å². The Morgan fingerprint density at radius 3 is 1.17 bits per heavy atom. The van der Waals surface area contributed by atoms with Gasteiger partial charge in [0.2, 0.25) is 0 Å². The van der Waals surface area contributed by atoms with Gasteiger partial charge in [-0.25, -0.2) is 45.1 Å². The van der Waals surface area contributed by atoms with Crippen LogP contribution in [0.3, 0.4) is 0 Å². The topological polar surface area (TPSA) is 107 Å². The van der Waals surface area contributed by atoms with E-state index < -0.39 is 70.3 Å². The zero-order valence-electron chi connectivity index (χ0n) is 60.3. The highest BCUT2D eigenvalue weighted by atomic mass is 32.2. The van der Waals surface area contributed by atoms with E-state index in [0.29, 0.717) is 50.8 Å². The summed E-state index contributed by atoms with van der Waals surface area (Å²) in [4.78, 5) is 52.5. The number of nitrogens with zero attached hydrogens (tertiary/aromatic N) is 6. The highest BCUT2D eigenvalue weighted by Crippen LogP contribution is 2.36. The van der Waals surface area contributed by atoms with Crippen LogP contribution in [0.5, 0.6) is 0 Å². The third kappa shape index (κ3) is 26.0. The molecule has 562 valence electrons. The van der Waals surface area contributed by atoms with Gasteiger partial charge in [0.1, 0.15) is 17.5 Å². The molecule has 6 aromatic rings. The number of likely N-dealkylation sites (tertiary alicyclic amines) is 3. The maximum Gasteiger partial charge on any atom is 0.416 e. The molecule has 3 N–H and O–H groups in total. The number of hydrogen-bond donors (Lipinski definition) is 3. The molecule has 3 saturated heterocycles. The summed E-state index contributed by atoms with van der Waals surface area (Å²) in [5, 5.41) is 8.48. The van der Waals surface area contributed by atoms with E-state index in [1.165, 1.54) is 51.4 Å². The number of urea groups is 3. The Labute approximate surface area is 606 Å². The lowest BCUT2D eigenvalue weighted by Crippen LogP contribution is -2.51. The number of halogens is 10. The first-order valence-electron chi connectivity index (χ1n) is 36.4. The molecule has 0 bridgehead atoms. The summed E-state index contributed by atoms with van der Waals surface area (Å²) in [7, 11) is 0. The van der Waals surface area contributed by atoms with Gasteiger partial charge < -0.3 is 45.3 Å². The van der Waals surface area contributed by atoms with Gasteiger partial charge in [0, 0.05) is 130 Å². The quantitative estimate of drug-likeness (QED) is 0.0409. The predicted molar refractivity (Wildman–Crippen MR) is 393 cm³/mol. The molecule has 0 spiro atoms. The van der Waals surface area contributed by atoms with E-state index in [9.17, 15) is 58.3 Å². The Bertz CT molecular complexity index is 3560. The molecule has 3 aliphatic heterocycles.